The van der Waals surface area contributed by atoms with Crippen LogP contribution in [0.5, 0.6) is 0 Å². The number of nitrogens with one attached hydrogen (secondary N) is 2. The third kappa shape index (κ3) is 4.16. The average Bonchev–Trinajstić information content (AvgIpc) is 3.05. The van der Waals surface area contributed by atoms with E-state index < -0.39 is 0 Å². The molecule has 0 bridgehead atoms. The van der Waals surface area contributed by atoms with Gasteiger partial charge >= 0.3 is 12.1 Å². The second-order valence-electron chi connectivity index (χ2n) is 7.61. The van der Waals surface area contributed by atoms with Crippen molar-refractivity contribution in [2.24, 2.45) is 0 Å². The average molecular weight is 375 g/mol. The SMILES string of the molecule is O=C(NC1CCN(Cc2ccc(F)cc2)CC1)N1CCN2C(=O)NCC2C1. The number of amides is 4. The highest BCUT2D eigenvalue weighted by Gasteiger charge is 2.37. The van der Waals surface area contributed by atoms with Crippen LogP contribution in [0.15, 0.2) is 24.3 Å². The number of carbonyl (C=O) groups is 2. The molecule has 1 atom stereocenters. The van der Waals surface area contributed by atoms with Crippen molar-refractivity contribution in [3.63, 3.8) is 0 Å². The number of hydrogen-bond acceptors (Lipinski definition) is 3. The zero-order valence-corrected chi connectivity index (χ0v) is 15.4. The molecule has 27 heavy (non-hydrogen) atoms. The molecule has 3 aliphatic heterocycles. The molecule has 2 N–H and O–H groups in total. The topological polar surface area (TPSA) is 67.9 Å². The predicted molar refractivity (Wildman–Crippen MR) is 98.7 cm³/mol. The third-order valence-corrected chi connectivity index (χ3v) is 5.75. The van der Waals surface area contributed by atoms with Crippen molar-refractivity contribution >= 4 is 12.1 Å². The van der Waals surface area contributed by atoms with E-state index in [1.165, 1.54) is 12.1 Å². The summed E-state index contributed by atoms with van der Waals surface area (Å²) in [5, 5.41) is 5.99. The molecule has 7 nitrogen and oxygen atoms in total. The minimum absolute atomic E-state index is 0.0198. The maximum atomic E-state index is 13.0. The van der Waals surface area contributed by atoms with Crippen molar-refractivity contribution in [3.05, 3.63) is 35.6 Å². The minimum atomic E-state index is -0.209. The molecule has 3 fully saturated rings. The Hall–Kier alpha value is -2.35. The zero-order valence-electron chi connectivity index (χ0n) is 15.4. The number of piperazine rings is 1. The summed E-state index contributed by atoms with van der Waals surface area (Å²) < 4.78 is 13.0. The number of urea groups is 2. The molecule has 0 radical (unpaired) electrons. The van der Waals surface area contributed by atoms with Crippen molar-refractivity contribution in [2.75, 3.05) is 39.3 Å². The molecule has 1 aromatic rings. The number of likely N-dealkylation sites (tertiary alicyclic amines) is 1. The van der Waals surface area contributed by atoms with Gasteiger partial charge < -0.3 is 20.4 Å². The van der Waals surface area contributed by atoms with Gasteiger partial charge in [-0.3, -0.25) is 4.90 Å². The summed E-state index contributed by atoms with van der Waals surface area (Å²) >= 11 is 0. The van der Waals surface area contributed by atoms with Gasteiger partial charge in [0.1, 0.15) is 5.82 Å². The second kappa shape index (κ2) is 7.72. The lowest BCUT2D eigenvalue weighted by Crippen LogP contribution is -2.57. The Morgan fingerprint density at radius 3 is 2.63 bits per heavy atom. The van der Waals surface area contributed by atoms with Crippen LogP contribution in [0.4, 0.5) is 14.0 Å². The van der Waals surface area contributed by atoms with Gasteiger partial charge in [-0.1, -0.05) is 12.1 Å². The molecule has 1 unspecified atom stereocenters. The van der Waals surface area contributed by atoms with Gasteiger partial charge in [0.2, 0.25) is 0 Å². The minimum Gasteiger partial charge on any atom is -0.336 e. The Morgan fingerprint density at radius 1 is 1.15 bits per heavy atom. The number of fused-ring (bicyclic) bond motifs is 1. The lowest BCUT2D eigenvalue weighted by molar-refractivity contribution is 0.123. The summed E-state index contributed by atoms with van der Waals surface area (Å²) in [6.07, 6.45) is 1.83. The summed E-state index contributed by atoms with van der Waals surface area (Å²) in [6.45, 7) is 5.03. The molecule has 0 aromatic heterocycles. The number of halogens is 1. The molecule has 3 heterocycles. The van der Waals surface area contributed by atoms with E-state index in [0.29, 0.717) is 26.2 Å². The van der Waals surface area contributed by atoms with Crippen molar-refractivity contribution in [1.29, 1.82) is 0 Å². The molecule has 4 rings (SSSR count). The standard InChI is InChI=1S/C19H26FN5O2/c20-15-3-1-14(2-4-15)12-23-7-5-16(6-8-23)22-19(27)24-9-10-25-17(13-24)11-21-18(25)26/h1-4,16-17H,5-13H2,(H,21,26)(H,22,27). The van der Waals surface area contributed by atoms with E-state index in [1.807, 2.05) is 21.9 Å². The zero-order chi connectivity index (χ0) is 18.8. The Morgan fingerprint density at radius 2 is 1.89 bits per heavy atom. The van der Waals surface area contributed by atoms with Crippen molar-refractivity contribution in [2.45, 2.75) is 31.5 Å². The van der Waals surface area contributed by atoms with Crippen LogP contribution < -0.4 is 10.6 Å². The Balaban J connectivity index is 1.21. The molecule has 1 aromatic carbocycles. The molecule has 8 heteroatoms. The van der Waals surface area contributed by atoms with E-state index in [1.54, 1.807) is 0 Å². The second-order valence-corrected chi connectivity index (χ2v) is 7.61. The molecule has 0 aliphatic carbocycles. The van der Waals surface area contributed by atoms with Gasteiger partial charge in [0.15, 0.2) is 0 Å². The smallest absolute Gasteiger partial charge is 0.317 e. The largest absolute Gasteiger partial charge is 0.336 e. The molecule has 4 amide bonds. The lowest BCUT2D eigenvalue weighted by Gasteiger charge is -2.38. The number of hydrogen-bond donors (Lipinski definition) is 2. The fourth-order valence-electron chi connectivity index (χ4n) is 4.14. The summed E-state index contributed by atoms with van der Waals surface area (Å²) in [4.78, 5) is 30.2. The van der Waals surface area contributed by atoms with Crippen LogP contribution in [0.25, 0.3) is 0 Å². The predicted octanol–water partition coefficient (Wildman–Crippen LogP) is 1.21. The monoisotopic (exact) mass is 375 g/mol. The van der Waals surface area contributed by atoms with Crippen LogP contribution in [-0.4, -0.2) is 78.1 Å². The quantitative estimate of drug-likeness (QED) is 0.835. The highest BCUT2D eigenvalue weighted by Crippen LogP contribution is 2.17. The number of carbonyl (C=O) groups excluding carboxylic acids is 2. The first-order valence-electron chi connectivity index (χ1n) is 9.65. The molecule has 3 saturated heterocycles. The first-order valence-corrected chi connectivity index (χ1v) is 9.65. The van der Waals surface area contributed by atoms with Crippen LogP contribution in [0.1, 0.15) is 18.4 Å². The highest BCUT2D eigenvalue weighted by atomic mass is 19.1. The van der Waals surface area contributed by atoms with Gasteiger partial charge in [-0.15, -0.1) is 0 Å². The van der Waals surface area contributed by atoms with Crippen molar-refractivity contribution < 1.29 is 14.0 Å². The van der Waals surface area contributed by atoms with E-state index in [9.17, 15) is 14.0 Å². The van der Waals surface area contributed by atoms with Crippen LogP contribution >= 0.6 is 0 Å². The van der Waals surface area contributed by atoms with Gasteiger partial charge in [0, 0.05) is 51.9 Å². The molecule has 3 aliphatic rings. The van der Waals surface area contributed by atoms with Crippen LogP contribution in [-0.2, 0) is 6.54 Å². The molecular formula is C19H26FN5O2. The van der Waals surface area contributed by atoms with E-state index in [4.69, 9.17) is 0 Å². The maximum absolute atomic E-state index is 13.0. The van der Waals surface area contributed by atoms with Gasteiger partial charge in [0.25, 0.3) is 0 Å². The first kappa shape index (κ1) is 18.0. The molecule has 0 spiro atoms. The van der Waals surface area contributed by atoms with Crippen LogP contribution in [0.3, 0.4) is 0 Å². The summed E-state index contributed by atoms with van der Waals surface area (Å²) in [5.41, 5.74) is 1.11. The summed E-state index contributed by atoms with van der Waals surface area (Å²) in [5.74, 6) is -0.209. The number of benzene rings is 1. The number of nitrogens with zero attached hydrogens (tertiary/aromatic N) is 3. The molecule has 146 valence electrons. The Kier molecular flexibility index (Phi) is 5.15. The normalized spacial score (nSPS) is 23.9. The first-order chi connectivity index (χ1) is 13.1. The Bertz CT molecular complexity index is 690. The fraction of sp³-hybridized carbons (Fsp3) is 0.579. The van der Waals surface area contributed by atoms with Crippen LogP contribution in [0.2, 0.25) is 0 Å². The van der Waals surface area contributed by atoms with Crippen LogP contribution in [0, 0.1) is 5.82 Å². The van der Waals surface area contributed by atoms with Gasteiger partial charge in [-0.05, 0) is 30.5 Å². The van der Waals surface area contributed by atoms with E-state index in [-0.39, 0.29) is 30.0 Å². The van der Waals surface area contributed by atoms with E-state index >= 15 is 0 Å². The highest BCUT2D eigenvalue weighted by molar-refractivity contribution is 5.79. The van der Waals surface area contributed by atoms with Gasteiger partial charge in [-0.25, -0.2) is 14.0 Å². The van der Waals surface area contributed by atoms with Crippen molar-refractivity contribution in [1.82, 2.24) is 25.3 Å². The lowest BCUT2D eigenvalue weighted by atomic mass is 10.0. The van der Waals surface area contributed by atoms with E-state index in [2.05, 4.69) is 15.5 Å². The summed E-state index contributed by atoms with van der Waals surface area (Å²) in [7, 11) is 0. The third-order valence-electron chi connectivity index (χ3n) is 5.75. The number of piperidine rings is 1. The van der Waals surface area contributed by atoms with Gasteiger partial charge in [0.05, 0.1) is 6.04 Å². The van der Waals surface area contributed by atoms with Crippen molar-refractivity contribution in [3.8, 4) is 0 Å². The Labute approximate surface area is 158 Å². The number of rotatable bonds is 3. The molecular weight excluding hydrogens is 349 g/mol. The summed E-state index contributed by atoms with van der Waals surface area (Å²) in [6, 6.07) is 6.87. The maximum Gasteiger partial charge on any atom is 0.317 e. The fourth-order valence-corrected chi connectivity index (χ4v) is 4.14. The molecule has 0 saturated carbocycles. The van der Waals surface area contributed by atoms with Gasteiger partial charge in [-0.2, -0.15) is 0 Å². The van der Waals surface area contributed by atoms with E-state index in [0.717, 1.165) is 38.0 Å².